The minimum atomic E-state index is -1.81. The van der Waals surface area contributed by atoms with Crippen LogP contribution in [0.15, 0.2) is 0 Å². The van der Waals surface area contributed by atoms with Crippen LogP contribution in [0.3, 0.4) is 0 Å². The van der Waals surface area contributed by atoms with Crippen molar-refractivity contribution in [3.05, 3.63) is 0 Å². The van der Waals surface area contributed by atoms with Gasteiger partial charge in [-0.05, 0) is 114 Å². The number of aliphatic hydroxyl groups is 5. The molecule has 1 saturated carbocycles. The third-order valence-electron chi connectivity index (χ3n) is 13.9. The van der Waals surface area contributed by atoms with Gasteiger partial charge in [-0.15, -0.1) is 0 Å². The lowest BCUT2D eigenvalue weighted by Gasteiger charge is -2.54. The maximum Gasteiger partial charge on any atom is 0.311 e. The van der Waals surface area contributed by atoms with Gasteiger partial charge in [-0.25, -0.2) is 0 Å². The number of carbonyl (C=O) groups excluding carboxylic acids is 1. The summed E-state index contributed by atoms with van der Waals surface area (Å²) >= 11 is 0. The minimum Gasteiger partial charge on any atom is -0.459 e. The molecule has 15 nitrogen and oxygen atoms in total. The fourth-order valence-electron chi connectivity index (χ4n) is 9.74. The molecule has 3 saturated heterocycles. The second-order valence-corrected chi connectivity index (χ2v) is 19.2. The quantitative estimate of drug-likeness (QED) is 0.176. The highest BCUT2D eigenvalue weighted by molar-refractivity contribution is 5.73. The molecule has 0 unspecified atom stereocenters. The predicted octanol–water partition coefficient (Wildman–Crippen LogP) is 2.02. The van der Waals surface area contributed by atoms with Gasteiger partial charge in [0.15, 0.2) is 12.6 Å². The first-order valence-corrected chi connectivity index (χ1v) is 21.3. The summed E-state index contributed by atoms with van der Waals surface area (Å²) in [6.45, 7) is 18.4. The molecule has 0 bridgehead atoms. The zero-order valence-electron chi connectivity index (χ0n) is 37.3. The Balaban J connectivity index is 1.79. The van der Waals surface area contributed by atoms with Gasteiger partial charge in [0, 0.05) is 44.1 Å². The highest BCUT2D eigenvalue weighted by Crippen LogP contribution is 2.44. The first-order valence-electron chi connectivity index (χ1n) is 21.3. The molecular weight excluding hydrogens is 738 g/mol. The number of carbonyl (C=O) groups is 1. The average molecular weight is 818 g/mol. The maximum atomic E-state index is 14.4. The molecule has 1 aliphatic carbocycles. The number of rotatable bonds is 10. The fourth-order valence-corrected chi connectivity index (χ4v) is 9.74. The monoisotopic (exact) mass is 818 g/mol. The maximum absolute atomic E-state index is 14.4. The van der Waals surface area contributed by atoms with E-state index in [1.807, 2.05) is 53.7 Å². The fraction of sp³-hybridized carbons (Fsp3) is 0.976. The first-order chi connectivity index (χ1) is 26.3. The molecule has 4 aliphatic rings. The van der Waals surface area contributed by atoms with Crippen molar-refractivity contribution in [1.82, 2.24) is 15.1 Å². The number of likely N-dealkylation sites (N-methyl/N-ethyl adjacent to an activating group) is 2. The van der Waals surface area contributed by atoms with Gasteiger partial charge in [0.05, 0.1) is 35.9 Å². The molecular formula is C42H79N3O12. The van der Waals surface area contributed by atoms with Gasteiger partial charge in [-0.1, -0.05) is 20.8 Å². The van der Waals surface area contributed by atoms with Crippen LogP contribution in [0.1, 0.15) is 108 Å². The third-order valence-corrected chi connectivity index (χ3v) is 13.9. The number of nitrogens with one attached hydrogen (secondary N) is 1. The van der Waals surface area contributed by atoms with Crippen LogP contribution in [0, 0.1) is 17.8 Å². The molecule has 18 atom stereocenters. The van der Waals surface area contributed by atoms with E-state index in [0.717, 1.165) is 12.8 Å². The normalized spacial score (nSPS) is 48.7. The molecule has 0 aromatic rings. The van der Waals surface area contributed by atoms with Crippen LogP contribution in [-0.4, -0.2) is 178 Å². The number of ether oxygens (including phenoxy) is 6. The standard InChI is InChI=1S/C42H79N3O12/c1-15-31-41(10,50)35(47)27(6)43-21-23(2)19-39(8,49)36(57-38-33(46)30(44(11)12)18-24(3)53-38)25(4)34(26(5)37(48)55-31)56-32-20-40(9,52-14)42(51,28(7)54-32)22-45(13)29-16-17-29/h23-36,38,43,46-47,49-51H,15-22H2,1-14H3/t23-,24-,25+,26-,27-,28+,30+,31-,32+,33-,34+,35-,36-,38+,39-,40-,41-,42-/m1/s1. The summed E-state index contributed by atoms with van der Waals surface area (Å²) in [6, 6.07) is -0.484. The highest BCUT2D eigenvalue weighted by atomic mass is 16.7. The molecule has 4 fully saturated rings. The number of hydrogen-bond donors (Lipinski definition) is 6. The number of hydrogen-bond acceptors (Lipinski definition) is 15. The Kier molecular flexibility index (Phi) is 16.1. The van der Waals surface area contributed by atoms with E-state index in [1.165, 1.54) is 6.92 Å². The van der Waals surface area contributed by atoms with E-state index >= 15 is 0 Å². The predicted molar refractivity (Wildman–Crippen MR) is 214 cm³/mol. The van der Waals surface area contributed by atoms with Crippen LogP contribution >= 0.6 is 0 Å². The Morgan fingerprint density at radius 2 is 1.56 bits per heavy atom. The second-order valence-electron chi connectivity index (χ2n) is 19.2. The zero-order chi connectivity index (χ0) is 43.0. The molecule has 3 aliphatic heterocycles. The Labute approximate surface area is 342 Å². The molecule has 0 aromatic heterocycles. The number of nitrogens with zero attached hydrogens (tertiary/aromatic N) is 2. The SMILES string of the molecule is CC[C@H]1OC(=O)[C@H](C)[C@@H](O[C@H]2C[C@@](C)(OC)[C@@](O)(CN(C)C3CC3)[C@H](C)O2)[C@H](C)[C@@H](O[C@@H]2O[C@H](C)C[C@H](N(C)C)[C@H]2O)[C@](C)(O)C[C@@H](C)CN[C@H](C)[C@@H](O)[C@]1(C)O. The summed E-state index contributed by atoms with van der Waals surface area (Å²) in [6.07, 6.45) is -5.37. The molecule has 15 heteroatoms. The Bertz CT molecular complexity index is 1300. The van der Waals surface area contributed by atoms with E-state index in [9.17, 15) is 30.3 Å². The van der Waals surface area contributed by atoms with E-state index in [1.54, 1.807) is 41.7 Å². The lowest BCUT2D eigenvalue weighted by molar-refractivity contribution is -0.339. The summed E-state index contributed by atoms with van der Waals surface area (Å²) in [7, 11) is 7.33. The molecule has 334 valence electrons. The summed E-state index contributed by atoms with van der Waals surface area (Å²) < 4.78 is 38.6. The van der Waals surface area contributed by atoms with Crippen LogP contribution in [-0.2, 0) is 33.2 Å². The van der Waals surface area contributed by atoms with E-state index < -0.39 is 95.5 Å². The summed E-state index contributed by atoms with van der Waals surface area (Å²) in [5.41, 5.74) is -5.90. The summed E-state index contributed by atoms with van der Waals surface area (Å²) in [5, 5.41) is 62.8. The van der Waals surface area contributed by atoms with Gasteiger partial charge in [-0.2, -0.15) is 0 Å². The van der Waals surface area contributed by atoms with Crippen LogP contribution < -0.4 is 5.32 Å². The van der Waals surface area contributed by atoms with E-state index in [2.05, 4.69) is 10.2 Å². The molecule has 0 radical (unpaired) electrons. The van der Waals surface area contributed by atoms with Crippen LogP contribution in [0.2, 0.25) is 0 Å². The number of aliphatic hydroxyl groups excluding tert-OH is 2. The summed E-state index contributed by atoms with van der Waals surface area (Å²) in [4.78, 5) is 18.4. The summed E-state index contributed by atoms with van der Waals surface area (Å²) in [5.74, 6) is -2.65. The van der Waals surface area contributed by atoms with Crippen molar-refractivity contribution in [2.75, 3.05) is 41.3 Å². The van der Waals surface area contributed by atoms with Crippen LogP contribution in [0.25, 0.3) is 0 Å². The largest absolute Gasteiger partial charge is 0.459 e. The topological polar surface area (TPSA) is 192 Å². The van der Waals surface area contributed by atoms with E-state index in [0.29, 0.717) is 25.6 Å². The van der Waals surface area contributed by atoms with Crippen molar-refractivity contribution in [1.29, 1.82) is 0 Å². The van der Waals surface area contributed by atoms with Gasteiger partial charge < -0.3 is 69.1 Å². The number of cyclic esters (lactones) is 1. The van der Waals surface area contributed by atoms with Crippen LogP contribution in [0.5, 0.6) is 0 Å². The van der Waals surface area contributed by atoms with Crippen molar-refractivity contribution in [2.45, 2.75) is 204 Å². The Morgan fingerprint density at radius 3 is 2.12 bits per heavy atom. The third kappa shape index (κ3) is 10.7. The number of methoxy groups -OCH3 is 1. The number of esters is 1. The molecule has 3 heterocycles. The van der Waals surface area contributed by atoms with Gasteiger partial charge in [0.2, 0.25) is 0 Å². The first kappa shape index (κ1) is 48.6. The molecule has 4 rings (SSSR count). The zero-order valence-corrected chi connectivity index (χ0v) is 37.3. The molecule has 6 N–H and O–H groups in total. The lowest BCUT2D eigenvalue weighted by Crippen LogP contribution is -2.70. The van der Waals surface area contributed by atoms with Crippen molar-refractivity contribution in [2.24, 2.45) is 17.8 Å². The Morgan fingerprint density at radius 1 is 0.930 bits per heavy atom. The van der Waals surface area contributed by atoms with Gasteiger partial charge in [0.1, 0.15) is 35.1 Å². The molecule has 0 amide bonds. The van der Waals surface area contributed by atoms with E-state index in [4.69, 9.17) is 28.4 Å². The molecule has 0 aromatic carbocycles. The Hall–Kier alpha value is -1.05. The highest BCUT2D eigenvalue weighted by Gasteiger charge is 2.59. The molecule has 57 heavy (non-hydrogen) atoms. The smallest absolute Gasteiger partial charge is 0.311 e. The second kappa shape index (κ2) is 18.9. The van der Waals surface area contributed by atoms with Crippen LogP contribution in [0.4, 0.5) is 0 Å². The average Bonchev–Trinajstić information content (AvgIpc) is 3.98. The van der Waals surface area contributed by atoms with Crippen molar-refractivity contribution < 1.29 is 58.7 Å². The van der Waals surface area contributed by atoms with Gasteiger partial charge in [-0.3, -0.25) is 4.79 Å². The van der Waals surface area contributed by atoms with Crippen molar-refractivity contribution >= 4 is 5.97 Å². The molecule has 0 spiro atoms. The van der Waals surface area contributed by atoms with Crippen molar-refractivity contribution in [3.8, 4) is 0 Å². The van der Waals surface area contributed by atoms with Crippen molar-refractivity contribution in [3.63, 3.8) is 0 Å². The lowest BCUT2D eigenvalue weighted by atomic mass is 9.75. The minimum absolute atomic E-state index is 0.112. The van der Waals surface area contributed by atoms with Gasteiger partial charge >= 0.3 is 5.97 Å². The van der Waals surface area contributed by atoms with E-state index in [-0.39, 0.29) is 37.3 Å². The van der Waals surface area contributed by atoms with Gasteiger partial charge in [0.25, 0.3) is 0 Å².